The highest BCUT2D eigenvalue weighted by atomic mass is 35.5. The zero-order valence-corrected chi connectivity index (χ0v) is 11.5. The average Bonchev–Trinajstić information content (AvgIpc) is 3.18. The van der Waals surface area contributed by atoms with Crippen molar-refractivity contribution in [2.75, 3.05) is 25.1 Å². The lowest BCUT2D eigenvalue weighted by atomic mass is 10.2. The number of rotatable bonds is 8. The van der Waals surface area contributed by atoms with Crippen LogP contribution in [0.1, 0.15) is 31.7 Å². The summed E-state index contributed by atoms with van der Waals surface area (Å²) in [5, 5.41) is 3.83. The first-order valence-corrected chi connectivity index (χ1v) is 7.00. The molecule has 1 heterocycles. The van der Waals surface area contributed by atoms with E-state index in [1.54, 1.807) is 0 Å². The van der Waals surface area contributed by atoms with Gasteiger partial charge in [0, 0.05) is 25.3 Å². The summed E-state index contributed by atoms with van der Waals surface area (Å²) in [6.07, 6.45) is 6.00. The first-order chi connectivity index (χ1) is 8.81. The molecule has 4 nitrogen and oxygen atoms in total. The van der Waals surface area contributed by atoms with Crippen LogP contribution in [0.3, 0.4) is 0 Å². The van der Waals surface area contributed by atoms with Crippen LogP contribution >= 0.6 is 11.6 Å². The molecule has 100 valence electrons. The van der Waals surface area contributed by atoms with Crippen molar-refractivity contribution in [3.05, 3.63) is 17.0 Å². The number of anilines is 1. The van der Waals surface area contributed by atoms with Crippen LogP contribution in [0.25, 0.3) is 0 Å². The Morgan fingerprint density at radius 3 is 3.00 bits per heavy atom. The van der Waals surface area contributed by atoms with Crippen molar-refractivity contribution < 1.29 is 4.74 Å². The Morgan fingerprint density at radius 2 is 2.28 bits per heavy atom. The summed E-state index contributed by atoms with van der Waals surface area (Å²) in [5.41, 5.74) is 0.984. The summed E-state index contributed by atoms with van der Waals surface area (Å²) in [7, 11) is 0. The van der Waals surface area contributed by atoms with Crippen LogP contribution in [0.15, 0.2) is 6.33 Å². The molecule has 0 amide bonds. The van der Waals surface area contributed by atoms with E-state index in [0.717, 1.165) is 49.9 Å². The van der Waals surface area contributed by atoms with E-state index in [1.807, 2.05) is 0 Å². The highest BCUT2D eigenvalue weighted by Gasteiger charge is 2.20. The molecule has 1 aromatic heterocycles. The summed E-state index contributed by atoms with van der Waals surface area (Å²) in [5.74, 6) is 1.69. The van der Waals surface area contributed by atoms with Crippen LogP contribution < -0.4 is 5.32 Å². The largest absolute Gasteiger partial charge is 0.381 e. The van der Waals surface area contributed by atoms with Crippen LogP contribution in [0.4, 0.5) is 5.82 Å². The molecule has 1 N–H and O–H groups in total. The third kappa shape index (κ3) is 4.10. The van der Waals surface area contributed by atoms with Crippen LogP contribution in [-0.2, 0) is 11.2 Å². The second-order valence-electron chi connectivity index (χ2n) is 4.64. The zero-order chi connectivity index (χ0) is 12.8. The molecule has 0 bridgehead atoms. The van der Waals surface area contributed by atoms with E-state index in [1.165, 1.54) is 19.2 Å². The maximum atomic E-state index is 6.02. The lowest BCUT2D eigenvalue weighted by Gasteiger charge is -2.10. The first-order valence-electron chi connectivity index (χ1n) is 6.62. The van der Waals surface area contributed by atoms with Crippen LogP contribution in [-0.4, -0.2) is 29.7 Å². The van der Waals surface area contributed by atoms with E-state index in [-0.39, 0.29) is 0 Å². The van der Waals surface area contributed by atoms with Gasteiger partial charge in [-0.15, -0.1) is 0 Å². The number of nitrogens with zero attached hydrogens (tertiary/aromatic N) is 2. The third-order valence-corrected chi connectivity index (χ3v) is 3.38. The van der Waals surface area contributed by atoms with Gasteiger partial charge in [0.05, 0.1) is 0 Å². The predicted octanol–water partition coefficient (Wildman–Crippen LogP) is 2.92. The summed E-state index contributed by atoms with van der Waals surface area (Å²) in [6.45, 7) is 4.64. The van der Waals surface area contributed by atoms with Gasteiger partial charge in [-0.3, -0.25) is 0 Å². The Bertz CT molecular complexity index is 382. The van der Waals surface area contributed by atoms with Gasteiger partial charge in [0.2, 0.25) is 0 Å². The fourth-order valence-electron chi connectivity index (χ4n) is 1.77. The lowest BCUT2D eigenvalue weighted by Crippen LogP contribution is -2.10. The highest BCUT2D eigenvalue weighted by Crippen LogP contribution is 2.28. The quantitative estimate of drug-likeness (QED) is 0.582. The molecule has 1 fully saturated rings. The molecule has 18 heavy (non-hydrogen) atoms. The molecule has 1 aromatic rings. The molecule has 0 spiro atoms. The smallest absolute Gasteiger partial charge is 0.137 e. The van der Waals surface area contributed by atoms with Gasteiger partial charge >= 0.3 is 0 Å². The van der Waals surface area contributed by atoms with Crippen molar-refractivity contribution in [3.63, 3.8) is 0 Å². The van der Waals surface area contributed by atoms with Gasteiger partial charge in [-0.1, -0.05) is 18.5 Å². The summed E-state index contributed by atoms with van der Waals surface area (Å²) in [4.78, 5) is 8.20. The van der Waals surface area contributed by atoms with Crippen molar-refractivity contribution in [3.8, 4) is 0 Å². The Balaban J connectivity index is 1.67. The number of halogens is 1. The average molecular weight is 270 g/mol. The van der Waals surface area contributed by atoms with Crippen LogP contribution in [0.5, 0.6) is 0 Å². The molecule has 0 radical (unpaired) electrons. The molecule has 0 saturated heterocycles. The summed E-state index contributed by atoms with van der Waals surface area (Å²) < 4.78 is 5.58. The van der Waals surface area contributed by atoms with Crippen molar-refractivity contribution in [1.82, 2.24) is 9.97 Å². The highest BCUT2D eigenvalue weighted by molar-refractivity contribution is 6.30. The number of ether oxygens (including phenoxy) is 1. The van der Waals surface area contributed by atoms with E-state index in [9.17, 15) is 0 Å². The van der Waals surface area contributed by atoms with Crippen LogP contribution in [0.2, 0.25) is 5.15 Å². The number of nitrogens with one attached hydrogen (secondary N) is 1. The maximum absolute atomic E-state index is 6.02. The van der Waals surface area contributed by atoms with Gasteiger partial charge < -0.3 is 10.1 Å². The topological polar surface area (TPSA) is 47.0 Å². The van der Waals surface area contributed by atoms with E-state index in [4.69, 9.17) is 16.3 Å². The maximum Gasteiger partial charge on any atom is 0.137 e. The first kappa shape index (κ1) is 13.6. The van der Waals surface area contributed by atoms with Gasteiger partial charge in [-0.2, -0.15) is 0 Å². The Morgan fingerprint density at radius 1 is 1.44 bits per heavy atom. The second-order valence-corrected chi connectivity index (χ2v) is 5.00. The van der Waals surface area contributed by atoms with Crippen molar-refractivity contribution in [2.24, 2.45) is 5.92 Å². The van der Waals surface area contributed by atoms with Crippen molar-refractivity contribution in [2.45, 2.75) is 32.6 Å². The van der Waals surface area contributed by atoms with Gasteiger partial charge in [0.15, 0.2) is 0 Å². The standard InChI is InChI=1S/C13H20ClN3O/c1-2-11-12(14)16-9-17-13(11)15-6-3-7-18-8-10-4-5-10/h9-10H,2-8H2,1H3,(H,15,16,17). The minimum absolute atomic E-state index is 0.542. The molecule has 1 aliphatic rings. The van der Waals surface area contributed by atoms with Crippen molar-refractivity contribution >= 4 is 17.4 Å². The molecular weight excluding hydrogens is 250 g/mol. The van der Waals surface area contributed by atoms with Crippen LogP contribution in [0, 0.1) is 5.92 Å². The van der Waals surface area contributed by atoms with Gasteiger partial charge in [0.25, 0.3) is 0 Å². The number of hydrogen-bond donors (Lipinski definition) is 1. The zero-order valence-electron chi connectivity index (χ0n) is 10.8. The lowest BCUT2D eigenvalue weighted by molar-refractivity contribution is 0.124. The monoisotopic (exact) mass is 269 g/mol. The molecular formula is C13H20ClN3O. The Kier molecular flexibility index (Phi) is 5.20. The fraction of sp³-hybridized carbons (Fsp3) is 0.692. The normalized spacial score (nSPS) is 14.8. The van der Waals surface area contributed by atoms with Crippen molar-refractivity contribution in [1.29, 1.82) is 0 Å². The van der Waals surface area contributed by atoms with Gasteiger partial charge in [0.1, 0.15) is 17.3 Å². The van der Waals surface area contributed by atoms with E-state index < -0.39 is 0 Å². The molecule has 1 aliphatic carbocycles. The van der Waals surface area contributed by atoms with Gasteiger partial charge in [-0.05, 0) is 31.6 Å². The van der Waals surface area contributed by atoms with E-state index in [2.05, 4.69) is 22.2 Å². The molecule has 0 atom stereocenters. The minimum Gasteiger partial charge on any atom is -0.381 e. The predicted molar refractivity (Wildman–Crippen MR) is 73.1 cm³/mol. The Labute approximate surface area is 113 Å². The molecule has 0 unspecified atom stereocenters. The molecule has 2 rings (SSSR count). The summed E-state index contributed by atoms with van der Waals surface area (Å²) in [6, 6.07) is 0. The minimum atomic E-state index is 0.542. The molecule has 0 aliphatic heterocycles. The molecule has 1 saturated carbocycles. The molecule has 5 heteroatoms. The summed E-state index contributed by atoms with van der Waals surface area (Å²) >= 11 is 6.02. The van der Waals surface area contributed by atoms with Gasteiger partial charge in [-0.25, -0.2) is 9.97 Å². The Hall–Kier alpha value is -0.870. The second kappa shape index (κ2) is 6.90. The van der Waals surface area contributed by atoms with E-state index >= 15 is 0 Å². The van der Waals surface area contributed by atoms with E-state index in [0.29, 0.717) is 5.15 Å². The third-order valence-electron chi connectivity index (χ3n) is 3.05. The number of hydrogen-bond acceptors (Lipinski definition) is 4. The number of aromatic nitrogens is 2. The SMILES string of the molecule is CCc1c(Cl)ncnc1NCCCOCC1CC1. The molecule has 0 aromatic carbocycles. The fourth-order valence-corrected chi connectivity index (χ4v) is 2.04.